The molecule has 1 heterocycles. The van der Waals surface area contributed by atoms with Crippen molar-refractivity contribution in [2.24, 2.45) is 4.99 Å². The highest BCUT2D eigenvalue weighted by molar-refractivity contribution is 8.18. The highest BCUT2D eigenvalue weighted by Crippen LogP contribution is 2.36. The van der Waals surface area contributed by atoms with Crippen molar-refractivity contribution in [1.29, 1.82) is 0 Å². The van der Waals surface area contributed by atoms with Gasteiger partial charge in [0.2, 0.25) is 0 Å². The zero-order valence-corrected chi connectivity index (χ0v) is 20.9. The molecule has 184 valence electrons. The van der Waals surface area contributed by atoms with Gasteiger partial charge < -0.3 is 14.2 Å². The molecular formula is C28H26N2O5S. The van der Waals surface area contributed by atoms with Crippen LogP contribution in [0.1, 0.15) is 18.1 Å². The van der Waals surface area contributed by atoms with Crippen LogP contribution in [-0.2, 0) is 20.9 Å². The van der Waals surface area contributed by atoms with Crippen molar-refractivity contribution in [2.75, 3.05) is 20.3 Å². The van der Waals surface area contributed by atoms with Gasteiger partial charge >= 0.3 is 5.97 Å². The van der Waals surface area contributed by atoms with E-state index < -0.39 is 5.97 Å². The van der Waals surface area contributed by atoms with Crippen LogP contribution in [0.3, 0.4) is 0 Å². The number of thioether (sulfide) groups is 1. The maximum Gasteiger partial charge on any atom is 0.344 e. The first-order valence-corrected chi connectivity index (χ1v) is 12.2. The van der Waals surface area contributed by atoms with Crippen LogP contribution in [0.15, 0.2) is 88.8 Å². The molecule has 0 aliphatic carbocycles. The third-order valence-corrected chi connectivity index (χ3v) is 6.23. The molecule has 1 amide bonds. The summed E-state index contributed by atoms with van der Waals surface area (Å²) in [6, 6.07) is 24.4. The van der Waals surface area contributed by atoms with Gasteiger partial charge in [0.1, 0.15) is 11.5 Å². The Morgan fingerprint density at radius 3 is 2.44 bits per heavy atom. The molecule has 7 nitrogen and oxygen atoms in total. The van der Waals surface area contributed by atoms with Gasteiger partial charge in [-0.15, -0.1) is 0 Å². The van der Waals surface area contributed by atoms with Crippen molar-refractivity contribution in [3.05, 3.63) is 94.9 Å². The molecule has 0 N–H and O–H groups in total. The zero-order chi connectivity index (χ0) is 25.3. The Labute approximate surface area is 214 Å². The highest BCUT2D eigenvalue weighted by atomic mass is 32.2. The maximum absolute atomic E-state index is 13.5. The van der Waals surface area contributed by atoms with Crippen LogP contribution >= 0.6 is 11.8 Å². The number of esters is 1. The first-order valence-electron chi connectivity index (χ1n) is 11.4. The molecule has 4 rings (SSSR count). The molecule has 36 heavy (non-hydrogen) atoms. The highest BCUT2D eigenvalue weighted by Gasteiger charge is 2.33. The molecule has 1 saturated heterocycles. The summed E-state index contributed by atoms with van der Waals surface area (Å²) in [6.07, 6.45) is 1.77. The quantitative estimate of drug-likeness (QED) is 0.286. The average Bonchev–Trinajstić information content (AvgIpc) is 3.18. The Morgan fingerprint density at radius 2 is 1.72 bits per heavy atom. The van der Waals surface area contributed by atoms with Crippen molar-refractivity contribution in [2.45, 2.75) is 13.5 Å². The summed E-state index contributed by atoms with van der Waals surface area (Å²) >= 11 is 1.30. The number of hydrogen-bond donors (Lipinski definition) is 0. The summed E-state index contributed by atoms with van der Waals surface area (Å²) in [5.41, 5.74) is 2.39. The Bertz CT molecular complexity index is 1270. The topological polar surface area (TPSA) is 77.4 Å². The average molecular weight is 503 g/mol. The molecule has 0 radical (unpaired) electrons. The first-order chi connectivity index (χ1) is 17.6. The normalized spacial score (nSPS) is 15.4. The summed E-state index contributed by atoms with van der Waals surface area (Å²) in [4.78, 5) is 32.2. The van der Waals surface area contributed by atoms with E-state index in [1.54, 1.807) is 31.1 Å². The molecule has 0 bridgehead atoms. The number of nitrogens with zero attached hydrogens (tertiary/aromatic N) is 2. The standard InChI is InChI=1S/C28H26N2O5S/c1-3-34-26(31)19-35-24-12-8-7-9-21(24)17-25-27(32)30(18-20-13-15-23(33-2)16-14-20)28(36-25)29-22-10-5-4-6-11-22/h4-17H,3,18-19H2,1-2H3/b25-17-,29-28?. The van der Waals surface area contributed by atoms with Crippen LogP contribution in [0.2, 0.25) is 0 Å². The lowest BCUT2D eigenvalue weighted by Gasteiger charge is -2.16. The molecule has 0 spiro atoms. The van der Waals surface area contributed by atoms with E-state index in [1.165, 1.54) is 11.8 Å². The van der Waals surface area contributed by atoms with Crippen LogP contribution in [0.4, 0.5) is 5.69 Å². The lowest BCUT2D eigenvalue weighted by Crippen LogP contribution is -2.28. The number of methoxy groups -OCH3 is 1. The smallest absolute Gasteiger partial charge is 0.344 e. The molecule has 0 atom stereocenters. The second kappa shape index (κ2) is 12.1. The van der Waals surface area contributed by atoms with Crippen LogP contribution in [0.25, 0.3) is 6.08 Å². The first kappa shape index (κ1) is 25.1. The summed E-state index contributed by atoms with van der Waals surface area (Å²) in [6.45, 7) is 2.18. The Hall–Kier alpha value is -4.04. The van der Waals surface area contributed by atoms with Gasteiger partial charge in [-0.1, -0.05) is 48.5 Å². The fraction of sp³-hybridized carbons (Fsp3) is 0.179. The van der Waals surface area contributed by atoms with Crippen molar-refractivity contribution in [3.8, 4) is 11.5 Å². The Morgan fingerprint density at radius 1 is 1.00 bits per heavy atom. The van der Waals surface area contributed by atoms with Gasteiger partial charge in [0.25, 0.3) is 5.91 Å². The van der Waals surface area contributed by atoms with Crippen molar-refractivity contribution >= 4 is 40.6 Å². The van der Waals surface area contributed by atoms with Crippen molar-refractivity contribution < 1.29 is 23.8 Å². The number of para-hydroxylation sites is 2. The van der Waals surface area contributed by atoms with Crippen LogP contribution in [0.5, 0.6) is 11.5 Å². The van der Waals surface area contributed by atoms with E-state index in [1.807, 2.05) is 72.8 Å². The third kappa shape index (κ3) is 6.34. The summed E-state index contributed by atoms with van der Waals surface area (Å²) in [7, 11) is 1.62. The molecular weight excluding hydrogens is 476 g/mol. The van der Waals surface area contributed by atoms with Gasteiger partial charge in [-0.05, 0) is 60.7 Å². The molecule has 3 aromatic rings. The van der Waals surface area contributed by atoms with Gasteiger partial charge in [-0.3, -0.25) is 9.69 Å². The van der Waals surface area contributed by atoms with E-state index in [4.69, 9.17) is 19.2 Å². The number of ether oxygens (including phenoxy) is 3. The molecule has 0 aromatic heterocycles. The Kier molecular flexibility index (Phi) is 8.41. The monoisotopic (exact) mass is 502 g/mol. The maximum atomic E-state index is 13.5. The van der Waals surface area contributed by atoms with E-state index in [9.17, 15) is 9.59 Å². The zero-order valence-electron chi connectivity index (χ0n) is 20.0. The molecule has 3 aromatic carbocycles. The van der Waals surface area contributed by atoms with E-state index in [-0.39, 0.29) is 19.1 Å². The number of benzene rings is 3. The van der Waals surface area contributed by atoms with Crippen LogP contribution < -0.4 is 9.47 Å². The summed E-state index contributed by atoms with van der Waals surface area (Å²) < 4.78 is 15.9. The second-order valence-corrected chi connectivity index (χ2v) is 8.72. The fourth-order valence-electron chi connectivity index (χ4n) is 3.47. The van der Waals surface area contributed by atoms with E-state index in [2.05, 4.69) is 0 Å². The van der Waals surface area contributed by atoms with Crippen LogP contribution in [-0.4, -0.2) is 42.3 Å². The minimum absolute atomic E-state index is 0.161. The van der Waals surface area contributed by atoms with Gasteiger partial charge in [0.15, 0.2) is 11.8 Å². The van der Waals surface area contributed by atoms with Gasteiger partial charge in [-0.25, -0.2) is 9.79 Å². The minimum Gasteiger partial charge on any atom is -0.497 e. The lowest BCUT2D eigenvalue weighted by atomic mass is 10.1. The van der Waals surface area contributed by atoms with E-state index in [0.29, 0.717) is 27.9 Å². The Balaban J connectivity index is 1.63. The van der Waals surface area contributed by atoms with Crippen LogP contribution in [0, 0.1) is 0 Å². The number of carbonyl (C=O) groups is 2. The van der Waals surface area contributed by atoms with E-state index in [0.717, 1.165) is 17.0 Å². The molecule has 1 fully saturated rings. The predicted molar refractivity (Wildman–Crippen MR) is 141 cm³/mol. The number of hydrogen-bond acceptors (Lipinski definition) is 7. The lowest BCUT2D eigenvalue weighted by molar-refractivity contribution is -0.145. The number of rotatable bonds is 9. The predicted octanol–water partition coefficient (Wildman–Crippen LogP) is 5.44. The van der Waals surface area contributed by atoms with Crippen molar-refractivity contribution in [3.63, 3.8) is 0 Å². The van der Waals surface area contributed by atoms with Gasteiger partial charge in [-0.2, -0.15) is 0 Å². The number of amides is 1. The molecule has 1 aliphatic rings. The number of aliphatic imine (C=N–C) groups is 1. The van der Waals surface area contributed by atoms with Gasteiger partial charge in [0.05, 0.1) is 30.9 Å². The summed E-state index contributed by atoms with van der Waals surface area (Å²) in [5.74, 6) is 0.626. The molecule has 0 saturated carbocycles. The third-order valence-electron chi connectivity index (χ3n) is 5.23. The SMILES string of the molecule is CCOC(=O)COc1ccccc1/C=C1\SC(=Nc2ccccc2)N(Cc2ccc(OC)cc2)C1=O. The van der Waals surface area contributed by atoms with Gasteiger partial charge in [0, 0.05) is 5.56 Å². The fourth-order valence-corrected chi connectivity index (χ4v) is 4.46. The number of carbonyl (C=O) groups excluding carboxylic acids is 2. The largest absolute Gasteiger partial charge is 0.497 e. The summed E-state index contributed by atoms with van der Waals surface area (Å²) in [5, 5.41) is 0.582. The minimum atomic E-state index is -0.450. The number of amidine groups is 1. The molecule has 1 aliphatic heterocycles. The molecule has 8 heteroatoms. The molecule has 0 unspecified atom stereocenters. The van der Waals surface area contributed by atoms with Crippen molar-refractivity contribution in [1.82, 2.24) is 4.90 Å². The second-order valence-electron chi connectivity index (χ2n) is 7.71. The van der Waals surface area contributed by atoms with E-state index >= 15 is 0 Å².